The number of rotatable bonds is 1. The molecule has 0 amide bonds. The summed E-state index contributed by atoms with van der Waals surface area (Å²) in [7, 11) is 0. The molecular formula is C21H29FO3. The maximum atomic E-state index is 16.4. The minimum absolute atomic E-state index is 0.0623. The highest BCUT2D eigenvalue weighted by molar-refractivity contribution is 5.88. The van der Waals surface area contributed by atoms with Crippen LogP contribution in [-0.2, 0) is 14.3 Å². The molecule has 0 unspecified atom stereocenters. The molecule has 0 saturated heterocycles. The molecule has 0 N–H and O–H groups in total. The number of carbonyl (C=O) groups excluding carboxylic acids is 2. The maximum Gasteiger partial charge on any atom is 0.302 e. The lowest BCUT2D eigenvalue weighted by Gasteiger charge is -2.61. The van der Waals surface area contributed by atoms with E-state index >= 15 is 4.39 Å². The summed E-state index contributed by atoms with van der Waals surface area (Å²) >= 11 is 0. The van der Waals surface area contributed by atoms with E-state index in [1.54, 1.807) is 0 Å². The fraction of sp³-hybridized carbons (Fsp3) is 0.905. The van der Waals surface area contributed by atoms with Crippen molar-refractivity contribution >= 4 is 11.8 Å². The zero-order chi connectivity index (χ0) is 17.8. The predicted octanol–water partition coefficient (Wildman–Crippen LogP) is 4.23. The van der Waals surface area contributed by atoms with E-state index in [0.717, 1.165) is 19.3 Å². The van der Waals surface area contributed by atoms with Gasteiger partial charge in [-0.2, -0.15) is 0 Å². The first kappa shape index (κ1) is 16.3. The molecule has 8 atom stereocenters. The Morgan fingerprint density at radius 2 is 1.92 bits per heavy atom. The third kappa shape index (κ3) is 1.60. The largest absolute Gasteiger partial charge is 0.462 e. The minimum atomic E-state index is -1.41. The Morgan fingerprint density at radius 1 is 1.16 bits per heavy atom. The van der Waals surface area contributed by atoms with Crippen LogP contribution in [0, 0.1) is 34.0 Å². The number of carbonyl (C=O) groups is 2. The molecule has 5 fully saturated rings. The molecule has 0 aromatic carbocycles. The van der Waals surface area contributed by atoms with E-state index < -0.39 is 11.1 Å². The Labute approximate surface area is 149 Å². The summed E-state index contributed by atoms with van der Waals surface area (Å²) in [6, 6.07) is 0. The summed E-state index contributed by atoms with van der Waals surface area (Å²) in [6.07, 6.45) is 6.30. The van der Waals surface area contributed by atoms with Crippen LogP contribution in [0.3, 0.4) is 0 Å². The van der Waals surface area contributed by atoms with Crippen molar-refractivity contribution in [3.05, 3.63) is 0 Å². The summed E-state index contributed by atoms with van der Waals surface area (Å²) in [5.41, 5.74) is -2.08. The van der Waals surface area contributed by atoms with E-state index in [1.807, 2.05) is 6.92 Å². The third-order valence-corrected chi connectivity index (χ3v) is 9.67. The highest BCUT2D eigenvalue weighted by atomic mass is 19.1. The second-order valence-corrected chi connectivity index (χ2v) is 10.1. The van der Waals surface area contributed by atoms with Crippen molar-refractivity contribution in [3.63, 3.8) is 0 Å². The van der Waals surface area contributed by atoms with Crippen molar-refractivity contribution in [1.29, 1.82) is 0 Å². The summed E-state index contributed by atoms with van der Waals surface area (Å²) in [4.78, 5) is 24.3. The molecule has 0 radical (unpaired) electrons. The molecule has 1 spiro atoms. The van der Waals surface area contributed by atoms with Crippen molar-refractivity contribution in [2.75, 3.05) is 0 Å². The van der Waals surface area contributed by atoms with Gasteiger partial charge < -0.3 is 4.74 Å². The van der Waals surface area contributed by atoms with Gasteiger partial charge in [-0.1, -0.05) is 6.92 Å². The minimum Gasteiger partial charge on any atom is -0.462 e. The van der Waals surface area contributed by atoms with Crippen LogP contribution in [0.25, 0.3) is 0 Å². The standard InChI is InChI=1S/C21H29FO3/c1-12(23)25-17-10-15-14(18(2)7-4-13-11-20(13,17)18)5-8-19(3)16(24)6-9-21(15,19)22/h13-15,17H,4-11H2,1-3H3/t13-,14-,15+,17+,18+,19+,20-,21+/m0/s1. The third-order valence-electron chi connectivity index (χ3n) is 9.67. The predicted molar refractivity (Wildman–Crippen MR) is 90.5 cm³/mol. The van der Waals surface area contributed by atoms with Gasteiger partial charge >= 0.3 is 5.97 Å². The molecule has 0 aliphatic heterocycles. The summed E-state index contributed by atoms with van der Waals surface area (Å²) in [5, 5.41) is 0. The van der Waals surface area contributed by atoms with Gasteiger partial charge in [-0.05, 0) is 69.1 Å². The number of fused-ring (bicyclic) bond motifs is 4. The van der Waals surface area contributed by atoms with Crippen LogP contribution in [0.15, 0.2) is 0 Å². The number of hydrogen-bond acceptors (Lipinski definition) is 3. The normalized spacial score (nSPS) is 58.8. The van der Waals surface area contributed by atoms with Crippen LogP contribution >= 0.6 is 0 Å². The molecule has 5 rings (SSSR count). The van der Waals surface area contributed by atoms with Crippen molar-refractivity contribution in [2.45, 2.75) is 83.9 Å². The van der Waals surface area contributed by atoms with Crippen molar-refractivity contribution in [2.24, 2.45) is 34.0 Å². The SMILES string of the molecule is CC(=O)O[C@@H]1C[C@@H]2[C@H](CC[C@]3(C)C(=O)CC[C@@]23F)[C@@]2(C)CC[C@H]3C[C@]312. The molecule has 0 bridgehead atoms. The zero-order valence-electron chi connectivity index (χ0n) is 15.6. The molecular weight excluding hydrogens is 319 g/mol. The van der Waals surface area contributed by atoms with Gasteiger partial charge in [-0.3, -0.25) is 9.59 Å². The molecule has 0 heterocycles. The highest BCUT2D eigenvalue weighted by Gasteiger charge is 2.80. The fourth-order valence-corrected chi connectivity index (χ4v) is 8.30. The second-order valence-electron chi connectivity index (χ2n) is 10.1. The molecule has 25 heavy (non-hydrogen) atoms. The smallest absolute Gasteiger partial charge is 0.302 e. The number of hydrogen-bond donors (Lipinski definition) is 0. The van der Waals surface area contributed by atoms with Gasteiger partial charge in [-0.25, -0.2) is 4.39 Å². The van der Waals surface area contributed by atoms with Crippen LogP contribution < -0.4 is 0 Å². The number of ether oxygens (including phenoxy) is 1. The van der Waals surface area contributed by atoms with E-state index in [9.17, 15) is 9.59 Å². The Kier molecular flexibility index (Phi) is 2.92. The average Bonchev–Trinajstić information content (AvgIpc) is 3.14. The molecule has 5 saturated carbocycles. The highest BCUT2D eigenvalue weighted by Crippen LogP contribution is 2.82. The van der Waals surface area contributed by atoms with Gasteiger partial charge in [0.1, 0.15) is 17.6 Å². The first-order valence-electron chi connectivity index (χ1n) is 10.1. The molecule has 5 aliphatic carbocycles. The molecule has 0 aromatic rings. The zero-order valence-corrected chi connectivity index (χ0v) is 15.6. The molecule has 4 heteroatoms. The Morgan fingerprint density at radius 3 is 2.60 bits per heavy atom. The topological polar surface area (TPSA) is 43.4 Å². The van der Waals surface area contributed by atoms with E-state index in [1.165, 1.54) is 13.3 Å². The monoisotopic (exact) mass is 348 g/mol. The molecule has 5 aliphatic rings. The lowest BCUT2D eigenvalue weighted by molar-refractivity contribution is -0.202. The van der Waals surface area contributed by atoms with Crippen LogP contribution in [0.2, 0.25) is 0 Å². The Hall–Kier alpha value is -0.930. The van der Waals surface area contributed by atoms with Gasteiger partial charge in [0, 0.05) is 24.7 Å². The fourth-order valence-electron chi connectivity index (χ4n) is 8.30. The number of halogens is 1. The van der Waals surface area contributed by atoms with Gasteiger partial charge in [0.2, 0.25) is 0 Å². The van der Waals surface area contributed by atoms with Crippen LogP contribution in [0.5, 0.6) is 0 Å². The quantitative estimate of drug-likeness (QED) is 0.666. The molecule has 3 nitrogen and oxygen atoms in total. The summed E-state index contributed by atoms with van der Waals surface area (Å²) in [6.45, 7) is 5.68. The lowest BCUT2D eigenvalue weighted by Crippen LogP contribution is -2.63. The first-order valence-corrected chi connectivity index (χ1v) is 10.1. The number of esters is 1. The summed E-state index contributed by atoms with van der Waals surface area (Å²) in [5.74, 6) is 0.704. The van der Waals surface area contributed by atoms with E-state index in [-0.39, 0.29) is 34.6 Å². The van der Waals surface area contributed by atoms with Crippen LogP contribution in [0.1, 0.15) is 72.1 Å². The Bertz CT molecular complexity index is 676. The van der Waals surface area contributed by atoms with E-state index in [0.29, 0.717) is 37.5 Å². The molecule has 0 aromatic heterocycles. The maximum absolute atomic E-state index is 16.4. The lowest BCUT2D eigenvalue weighted by atomic mass is 9.45. The van der Waals surface area contributed by atoms with Gasteiger partial charge in [0.25, 0.3) is 0 Å². The van der Waals surface area contributed by atoms with Gasteiger partial charge in [-0.15, -0.1) is 0 Å². The van der Waals surface area contributed by atoms with E-state index in [4.69, 9.17) is 4.74 Å². The number of ketones is 1. The summed E-state index contributed by atoms with van der Waals surface area (Å²) < 4.78 is 22.3. The molecule has 138 valence electrons. The Balaban J connectivity index is 1.59. The van der Waals surface area contributed by atoms with Crippen molar-refractivity contribution in [1.82, 2.24) is 0 Å². The van der Waals surface area contributed by atoms with Crippen molar-refractivity contribution < 1.29 is 18.7 Å². The van der Waals surface area contributed by atoms with Crippen LogP contribution in [0.4, 0.5) is 4.39 Å². The first-order chi connectivity index (χ1) is 11.7. The van der Waals surface area contributed by atoms with Crippen molar-refractivity contribution in [3.8, 4) is 0 Å². The number of alkyl halides is 1. The van der Waals surface area contributed by atoms with Gasteiger partial charge in [0.15, 0.2) is 0 Å². The average molecular weight is 348 g/mol. The second kappa shape index (κ2) is 4.48. The van der Waals surface area contributed by atoms with E-state index in [2.05, 4.69) is 6.92 Å². The number of Topliss-reactive ketones (excluding diaryl/α,β-unsaturated/α-hetero) is 1. The van der Waals surface area contributed by atoms with Gasteiger partial charge in [0.05, 0.1) is 5.41 Å². The van der Waals surface area contributed by atoms with Crippen LogP contribution in [-0.4, -0.2) is 23.5 Å².